The second-order valence-corrected chi connectivity index (χ2v) is 11.9. The Morgan fingerprint density at radius 2 is 1.51 bits per heavy atom. The molecule has 3 aromatic rings. The molecule has 2 aromatic carbocycles. The van der Waals surface area contributed by atoms with Gasteiger partial charge < -0.3 is 5.11 Å². The molecule has 0 bridgehead atoms. The fourth-order valence-corrected chi connectivity index (χ4v) is 3.53. The maximum absolute atomic E-state index is 11.5. The number of carbonyl (C=O) groups is 1. The number of hydrogen-bond donors (Lipinski definition) is 1. The van der Waals surface area contributed by atoms with Crippen LogP contribution in [-0.2, 0) is 30.3 Å². The topological polar surface area (TPSA) is 63.1 Å². The Hall–Kier alpha value is -2.36. The van der Waals surface area contributed by atoms with Crippen LogP contribution in [0.4, 0.5) is 0 Å². The van der Waals surface area contributed by atoms with Gasteiger partial charge in [-0.25, -0.2) is 5.10 Å². The maximum Gasteiger partial charge on any atom is 0.164 e. The van der Waals surface area contributed by atoms with Crippen molar-refractivity contribution in [3.63, 3.8) is 0 Å². The molecule has 4 nitrogen and oxygen atoms in total. The van der Waals surface area contributed by atoms with E-state index in [4.69, 9.17) is 0 Å². The Labute approximate surface area is 237 Å². The van der Waals surface area contributed by atoms with Crippen LogP contribution in [0.25, 0.3) is 22.2 Å². The summed E-state index contributed by atoms with van der Waals surface area (Å²) in [6.07, 6.45) is 3.57. The number of nitrogens with zero attached hydrogens (tertiary/aromatic N) is 2. The largest absolute Gasteiger partial charge is 0.512 e. The minimum Gasteiger partial charge on any atom is -0.512 e. The number of ketones is 1. The average molecular weight is 680 g/mol. The first kappa shape index (κ1) is 32.7. The third-order valence-electron chi connectivity index (χ3n) is 6.81. The summed E-state index contributed by atoms with van der Waals surface area (Å²) in [7, 11) is 0. The van der Waals surface area contributed by atoms with Gasteiger partial charge in [-0.2, -0.15) is 5.10 Å². The Morgan fingerprint density at radius 1 is 0.919 bits per heavy atom. The minimum atomic E-state index is -0.417. The Kier molecular flexibility index (Phi) is 11.4. The molecule has 3 rings (SSSR count). The summed E-state index contributed by atoms with van der Waals surface area (Å²) < 4.78 is 0. The zero-order valence-corrected chi connectivity index (χ0v) is 26.5. The number of carbonyl (C=O) groups excluding carboxylic acids is 1. The number of aliphatic hydroxyl groups is 1. The molecule has 0 aliphatic heterocycles. The summed E-state index contributed by atoms with van der Waals surface area (Å²) in [5, 5.41) is 19.4. The van der Waals surface area contributed by atoms with Crippen LogP contribution in [0, 0.1) is 23.8 Å². The average Bonchev–Trinajstić information content (AvgIpc) is 2.82. The molecule has 203 valence electrons. The van der Waals surface area contributed by atoms with Gasteiger partial charge in [-0.05, 0) is 29.7 Å². The SMILES string of the molecule is CC(C)(C)C(=O)/C=C(\O)C(C)(C)C.CCC(C)(CC)c1cc(C)[c-]c(-c2cc3ccccc3nn2)c1.[Ir]. The number of aryl methyl sites for hydroxylation is 1. The van der Waals surface area contributed by atoms with Gasteiger partial charge >= 0.3 is 0 Å². The molecule has 0 amide bonds. The maximum atomic E-state index is 11.5. The van der Waals surface area contributed by atoms with Crippen molar-refractivity contribution in [2.24, 2.45) is 10.8 Å². The van der Waals surface area contributed by atoms with E-state index in [1.54, 1.807) is 0 Å². The zero-order chi connectivity index (χ0) is 27.3. The van der Waals surface area contributed by atoms with E-state index in [9.17, 15) is 9.90 Å². The van der Waals surface area contributed by atoms with Crippen molar-refractivity contribution in [3.05, 3.63) is 71.5 Å². The normalized spacial score (nSPS) is 12.4. The van der Waals surface area contributed by atoms with Gasteiger partial charge in [-0.1, -0.05) is 93.5 Å². The second kappa shape index (κ2) is 12.9. The first-order valence-corrected chi connectivity index (χ1v) is 12.8. The molecule has 0 atom stereocenters. The Bertz CT molecular complexity index is 1230. The molecule has 0 fully saturated rings. The van der Waals surface area contributed by atoms with E-state index in [0.717, 1.165) is 40.6 Å². The molecule has 0 aliphatic carbocycles. The van der Waals surface area contributed by atoms with Gasteiger partial charge in [0.2, 0.25) is 0 Å². The van der Waals surface area contributed by atoms with E-state index in [1.165, 1.54) is 11.6 Å². The summed E-state index contributed by atoms with van der Waals surface area (Å²) in [6, 6.07) is 18.1. The van der Waals surface area contributed by atoms with Crippen LogP contribution >= 0.6 is 0 Å². The van der Waals surface area contributed by atoms with Gasteiger partial charge in [0.05, 0.1) is 5.52 Å². The third-order valence-corrected chi connectivity index (χ3v) is 6.81. The number of aromatic nitrogens is 2. The van der Waals surface area contributed by atoms with Crippen molar-refractivity contribution in [2.45, 2.75) is 87.5 Å². The number of fused-ring (bicyclic) bond motifs is 1. The van der Waals surface area contributed by atoms with Crippen LogP contribution < -0.4 is 0 Å². The number of hydrogen-bond acceptors (Lipinski definition) is 4. The van der Waals surface area contributed by atoms with Crippen LogP contribution in [0.2, 0.25) is 0 Å². The van der Waals surface area contributed by atoms with E-state index in [0.29, 0.717) is 0 Å². The molecule has 0 saturated heterocycles. The van der Waals surface area contributed by atoms with Crippen LogP contribution in [0.3, 0.4) is 0 Å². The standard InChI is InChI=1S/C21H23N2.C11H20O2.Ir/c1-5-21(4,6-2)18-12-15(3)11-17(13-18)20-14-16-9-7-8-10-19(16)22-23-20;1-10(2,3)8(12)7-9(13)11(4,5)6;/h7-10,12-14H,5-6H2,1-4H3;7,12H,1-6H3;/q-1;;/b;8-7-;. The number of allylic oxidation sites excluding steroid dienone is 2. The molecular weight excluding hydrogens is 637 g/mol. The van der Waals surface area contributed by atoms with Crippen LogP contribution in [-0.4, -0.2) is 21.1 Å². The van der Waals surface area contributed by atoms with E-state index in [2.05, 4.69) is 68.2 Å². The molecule has 1 aromatic heterocycles. The third kappa shape index (κ3) is 8.86. The molecule has 0 saturated carbocycles. The minimum absolute atomic E-state index is 0. The van der Waals surface area contributed by atoms with Crippen LogP contribution in [0.1, 0.15) is 86.3 Å². The van der Waals surface area contributed by atoms with E-state index >= 15 is 0 Å². The monoisotopic (exact) mass is 680 g/mol. The van der Waals surface area contributed by atoms with Gasteiger partial charge in [0.15, 0.2) is 5.78 Å². The fraction of sp³-hybridized carbons (Fsp3) is 0.469. The van der Waals surface area contributed by atoms with Crippen LogP contribution in [0.5, 0.6) is 0 Å². The van der Waals surface area contributed by atoms with Gasteiger partial charge in [-0.3, -0.25) is 4.79 Å². The van der Waals surface area contributed by atoms with E-state index in [1.807, 2.05) is 59.7 Å². The summed E-state index contributed by atoms with van der Waals surface area (Å²) >= 11 is 0. The fourth-order valence-electron chi connectivity index (χ4n) is 3.53. The number of benzene rings is 2. The van der Waals surface area contributed by atoms with Crippen molar-refractivity contribution in [1.29, 1.82) is 0 Å². The first-order chi connectivity index (χ1) is 16.6. The Balaban J connectivity index is 0.000000423. The number of rotatable bonds is 5. The van der Waals surface area contributed by atoms with Crippen molar-refractivity contribution < 1.29 is 30.0 Å². The van der Waals surface area contributed by atoms with Gasteiger partial charge in [-0.15, -0.1) is 34.9 Å². The summed E-state index contributed by atoms with van der Waals surface area (Å²) in [5.74, 6) is 0.104. The molecular formula is C32H43IrN2O2-. The summed E-state index contributed by atoms with van der Waals surface area (Å²) in [6.45, 7) is 20.1. The predicted octanol–water partition coefficient (Wildman–Crippen LogP) is 8.57. The predicted molar refractivity (Wildman–Crippen MR) is 151 cm³/mol. The smallest absolute Gasteiger partial charge is 0.164 e. The van der Waals surface area contributed by atoms with Crippen molar-refractivity contribution in [3.8, 4) is 11.3 Å². The summed E-state index contributed by atoms with van der Waals surface area (Å²) in [5.41, 5.74) is 4.80. The van der Waals surface area contributed by atoms with Gasteiger partial charge in [0.25, 0.3) is 0 Å². The quantitative estimate of drug-likeness (QED) is 0.167. The molecule has 0 unspecified atom stereocenters. The van der Waals surface area contributed by atoms with Crippen LogP contribution in [0.15, 0.2) is 54.3 Å². The number of aliphatic hydroxyl groups excluding tert-OH is 1. The zero-order valence-electron chi connectivity index (χ0n) is 24.1. The second-order valence-electron chi connectivity index (χ2n) is 11.9. The molecule has 5 heteroatoms. The van der Waals surface area contributed by atoms with Crippen molar-refractivity contribution >= 4 is 16.7 Å². The molecule has 0 spiro atoms. The van der Waals surface area contributed by atoms with Gasteiger partial charge in [0.1, 0.15) is 5.76 Å². The molecule has 1 radical (unpaired) electrons. The van der Waals surface area contributed by atoms with Crippen molar-refractivity contribution in [2.75, 3.05) is 0 Å². The molecule has 0 aliphatic rings. The van der Waals surface area contributed by atoms with E-state index < -0.39 is 5.41 Å². The molecule has 1 heterocycles. The van der Waals surface area contributed by atoms with Gasteiger partial charge in [0, 0.05) is 42.7 Å². The molecule has 1 N–H and O–H groups in total. The summed E-state index contributed by atoms with van der Waals surface area (Å²) in [4.78, 5) is 11.5. The molecule has 37 heavy (non-hydrogen) atoms. The Morgan fingerprint density at radius 3 is 2.05 bits per heavy atom. The van der Waals surface area contributed by atoms with Crippen molar-refractivity contribution in [1.82, 2.24) is 10.2 Å². The first-order valence-electron chi connectivity index (χ1n) is 12.8. The van der Waals surface area contributed by atoms with E-state index in [-0.39, 0.29) is 42.5 Å².